The number of aromatic nitrogens is 1. The molecule has 1 aliphatic rings. The van der Waals surface area contributed by atoms with E-state index in [1.54, 1.807) is 31.2 Å². The van der Waals surface area contributed by atoms with Gasteiger partial charge < -0.3 is 29.6 Å². The molecule has 1 saturated heterocycles. The van der Waals surface area contributed by atoms with E-state index in [2.05, 4.69) is 20.4 Å². The van der Waals surface area contributed by atoms with Crippen molar-refractivity contribution in [1.82, 2.24) is 4.98 Å². The van der Waals surface area contributed by atoms with Crippen LogP contribution >= 0.6 is 0 Å². The second kappa shape index (κ2) is 9.57. The van der Waals surface area contributed by atoms with Crippen LogP contribution in [-0.4, -0.2) is 30.6 Å². The highest BCUT2D eigenvalue weighted by Gasteiger charge is 2.36. The number of hydrogen-bond acceptors (Lipinski definition) is 6. The number of rotatable bonds is 6. The number of alkyl halides is 3. The standard InChI is InChI=1S/C23H20F3N3O5/c1-22(31-13-14-32-22)17-5-2-3-7-19(17)33-20-18(6-4-12-27-20)29-21(30)28-15-8-10-16(11-9-15)34-23(24,25)26/h2-12H,13-14H2,1H3,(H2,28,29,30). The molecule has 0 saturated carbocycles. The van der Waals surface area contributed by atoms with Crippen LogP contribution in [0.1, 0.15) is 12.5 Å². The Morgan fingerprint density at radius 3 is 2.41 bits per heavy atom. The predicted molar refractivity (Wildman–Crippen MR) is 116 cm³/mol. The summed E-state index contributed by atoms with van der Waals surface area (Å²) in [5.41, 5.74) is 1.19. The van der Waals surface area contributed by atoms with Gasteiger partial charge in [-0.15, -0.1) is 13.2 Å². The van der Waals surface area contributed by atoms with Gasteiger partial charge in [0.25, 0.3) is 0 Å². The third kappa shape index (κ3) is 5.74. The fraction of sp³-hybridized carbons (Fsp3) is 0.217. The van der Waals surface area contributed by atoms with Gasteiger partial charge in [0.2, 0.25) is 5.88 Å². The monoisotopic (exact) mass is 475 g/mol. The second-order valence-corrected chi connectivity index (χ2v) is 7.25. The molecule has 0 atom stereocenters. The molecule has 11 heteroatoms. The Morgan fingerprint density at radius 1 is 1.00 bits per heavy atom. The molecule has 3 aromatic rings. The molecule has 178 valence electrons. The Balaban J connectivity index is 1.46. The van der Waals surface area contributed by atoms with Crippen LogP contribution in [0, 0.1) is 0 Å². The van der Waals surface area contributed by atoms with Gasteiger partial charge in [-0.2, -0.15) is 0 Å². The predicted octanol–water partition coefficient (Wildman–Crippen LogP) is 5.64. The third-order valence-electron chi connectivity index (χ3n) is 4.79. The smallest absolute Gasteiger partial charge is 0.437 e. The first-order valence-corrected chi connectivity index (χ1v) is 10.2. The number of nitrogens with one attached hydrogen (secondary N) is 2. The Bertz CT molecular complexity index is 1150. The fourth-order valence-electron chi connectivity index (χ4n) is 3.30. The molecule has 4 rings (SSSR count). The molecule has 2 heterocycles. The summed E-state index contributed by atoms with van der Waals surface area (Å²) < 4.78 is 58.1. The van der Waals surface area contributed by atoms with Crippen LogP contribution < -0.4 is 20.1 Å². The summed E-state index contributed by atoms with van der Waals surface area (Å²) in [7, 11) is 0. The minimum absolute atomic E-state index is 0.126. The van der Waals surface area contributed by atoms with Crippen LogP contribution in [-0.2, 0) is 15.3 Å². The summed E-state index contributed by atoms with van der Waals surface area (Å²) in [5, 5.41) is 5.14. The second-order valence-electron chi connectivity index (χ2n) is 7.25. The van der Waals surface area contributed by atoms with Crippen LogP contribution in [0.15, 0.2) is 66.9 Å². The van der Waals surface area contributed by atoms with Crippen molar-refractivity contribution >= 4 is 17.4 Å². The van der Waals surface area contributed by atoms with E-state index in [1.165, 1.54) is 18.3 Å². The molecular weight excluding hydrogens is 455 g/mol. The van der Waals surface area contributed by atoms with Crippen molar-refractivity contribution in [3.63, 3.8) is 0 Å². The third-order valence-corrected chi connectivity index (χ3v) is 4.79. The number of amides is 2. The van der Waals surface area contributed by atoms with Gasteiger partial charge in [0.15, 0.2) is 5.79 Å². The van der Waals surface area contributed by atoms with Gasteiger partial charge in [-0.1, -0.05) is 12.1 Å². The quantitative estimate of drug-likeness (QED) is 0.480. The molecule has 0 spiro atoms. The lowest BCUT2D eigenvalue weighted by Gasteiger charge is -2.25. The Morgan fingerprint density at radius 2 is 1.71 bits per heavy atom. The number of nitrogens with zero attached hydrogens (tertiary/aromatic N) is 1. The normalized spacial score (nSPS) is 14.9. The van der Waals surface area contributed by atoms with Crippen LogP contribution in [0.4, 0.5) is 29.3 Å². The van der Waals surface area contributed by atoms with Crippen LogP contribution in [0.3, 0.4) is 0 Å². The minimum Gasteiger partial charge on any atom is -0.437 e. The van der Waals surface area contributed by atoms with Gasteiger partial charge in [-0.25, -0.2) is 9.78 Å². The lowest BCUT2D eigenvalue weighted by atomic mass is 10.1. The maximum atomic E-state index is 12.5. The highest BCUT2D eigenvalue weighted by molar-refractivity contribution is 6.00. The molecule has 0 unspecified atom stereocenters. The van der Waals surface area contributed by atoms with E-state index in [4.69, 9.17) is 14.2 Å². The van der Waals surface area contributed by atoms with Crippen LogP contribution in [0.5, 0.6) is 17.4 Å². The van der Waals surface area contributed by atoms with Gasteiger partial charge >= 0.3 is 12.4 Å². The molecule has 0 aliphatic carbocycles. The van der Waals surface area contributed by atoms with E-state index in [1.807, 2.05) is 12.1 Å². The van der Waals surface area contributed by atoms with E-state index in [-0.39, 0.29) is 17.3 Å². The number of carbonyl (C=O) groups excluding carboxylic acids is 1. The van der Waals surface area contributed by atoms with E-state index < -0.39 is 23.9 Å². The van der Waals surface area contributed by atoms with Crippen molar-refractivity contribution in [1.29, 1.82) is 0 Å². The topological polar surface area (TPSA) is 90.9 Å². The number of carbonyl (C=O) groups is 1. The van der Waals surface area contributed by atoms with Crippen molar-refractivity contribution < 1.29 is 36.9 Å². The fourth-order valence-corrected chi connectivity index (χ4v) is 3.30. The van der Waals surface area contributed by atoms with E-state index in [0.717, 1.165) is 12.1 Å². The average Bonchev–Trinajstić information content (AvgIpc) is 3.23. The van der Waals surface area contributed by atoms with Gasteiger partial charge in [-0.05, 0) is 55.5 Å². The van der Waals surface area contributed by atoms with Crippen LogP contribution in [0.25, 0.3) is 0 Å². The zero-order valence-corrected chi connectivity index (χ0v) is 17.9. The van der Waals surface area contributed by atoms with E-state index in [9.17, 15) is 18.0 Å². The first-order valence-electron chi connectivity index (χ1n) is 10.2. The molecule has 8 nitrogen and oxygen atoms in total. The number of pyridine rings is 1. The van der Waals surface area contributed by atoms with Crippen LogP contribution in [0.2, 0.25) is 0 Å². The highest BCUT2D eigenvalue weighted by atomic mass is 19.4. The molecule has 1 aliphatic heterocycles. The zero-order valence-electron chi connectivity index (χ0n) is 17.9. The maximum absolute atomic E-state index is 12.5. The van der Waals surface area contributed by atoms with Crippen molar-refractivity contribution in [3.05, 3.63) is 72.4 Å². The summed E-state index contributed by atoms with van der Waals surface area (Å²) in [6.45, 7) is 2.69. The summed E-state index contributed by atoms with van der Waals surface area (Å²) in [5.74, 6) is -0.808. The Kier molecular flexibility index (Phi) is 6.57. The van der Waals surface area contributed by atoms with Gasteiger partial charge in [-0.3, -0.25) is 0 Å². The first kappa shape index (κ1) is 23.3. The zero-order chi connectivity index (χ0) is 24.2. The molecule has 2 N–H and O–H groups in total. The summed E-state index contributed by atoms with van der Waals surface area (Å²) in [6, 6.07) is 14.4. The van der Waals surface area contributed by atoms with E-state index >= 15 is 0 Å². The number of urea groups is 1. The number of hydrogen-bond donors (Lipinski definition) is 2. The molecule has 1 aromatic heterocycles. The maximum Gasteiger partial charge on any atom is 0.573 e. The van der Waals surface area contributed by atoms with E-state index in [0.29, 0.717) is 24.5 Å². The molecule has 1 fully saturated rings. The summed E-state index contributed by atoms with van der Waals surface area (Å²) in [4.78, 5) is 16.7. The molecule has 0 bridgehead atoms. The number of anilines is 2. The Hall–Kier alpha value is -3.83. The van der Waals surface area contributed by atoms with Crippen molar-refractivity contribution in [2.75, 3.05) is 23.8 Å². The molecular formula is C23H20F3N3O5. The highest BCUT2D eigenvalue weighted by Crippen LogP contribution is 2.39. The van der Waals surface area contributed by atoms with Crippen molar-refractivity contribution in [2.45, 2.75) is 19.1 Å². The summed E-state index contributed by atoms with van der Waals surface area (Å²) in [6.07, 6.45) is -3.29. The number of para-hydroxylation sites is 1. The van der Waals surface area contributed by atoms with Crippen molar-refractivity contribution in [3.8, 4) is 17.4 Å². The van der Waals surface area contributed by atoms with Crippen molar-refractivity contribution in [2.24, 2.45) is 0 Å². The van der Waals surface area contributed by atoms with Gasteiger partial charge in [0, 0.05) is 11.9 Å². The average molecular weight is 475 g/mol. The SMILES string of the molecule is CC1(c2ccccc2Oc2ncccc2NC(=O)Nc2ccc(OC(F)(F)F)cc2)OCCO1. The lowest BCUT2D eigenvalue weighted by molar-refractivity contribution is -0.274. The summed E-state index contributed by atoms with van der Waals surface area (Å²) >= 11 is 0. The largest absolute Gasteiger partial charge is 0.573 e. The number of benzene rings is 2. The molecule has 2 amide bonds. The molecule has 0 radical (unpaired) electrons. The minimum atomic E-state index is -4.80. The first-order chi connectivity index (χ1) is 16.2. The molecule has 2 aromatic carbocycles. The number of ether oxygens (including phenoxy) is 4. The number of halogens is 3. The van der Waals surface area contributed by atoms with Gasteiger partial charge in [0.1, 0.15) is 17.2 Å². The lowest BCUT2D eigenvalue weighted by Crippen LogP contribution is -2.23. The van der Waals surface area contributed by atoms with Gasteiger partial charge in [0.05, 0.1) is 18.8 Å². The molecule has 34 heavy (non-hydrogen) atoms. The Labute approximate surface area is 192 Å².